The summed E-state index contributed by atoms with van der Waals surface area (Å²) >= 11 is 5.97. The molecule has 0 fully saturated rings. The van der Waals surface area contributed by atoms with Crippen LogP contribution in [0.5, 0.6) is 0 Å². The van der Waals surface area contributed by atoms with Gasteiger partial charge in [0.25, 0.3) is 0 Å². The molecule has 0 aliphatic carbocycles. The second kappa shape index (κ2) is 5.80. The van der Waals surface area contributed by atoms with Crippen LogP contribution in [-0.2, 0) is 5.60 Å². The van der Waals surface area contributed by atoms with Gasteiger partial charge in [-0.1, -0.05) is 25.4 Å². The van der Waals surface area contributed by atoms with Crippen molar-refractivity contribution in [1.82, 2.24) is 5.32 Å². The van der Waals surface area contributed by atoms with Gasteiger partial charge in [0, 0.05) is 17.1 Å². The third-order valence-electron chi connectivity index (χ3n) is 2.53. The average molecular weight is 260 g/mol. The number of aliphatic hydroxyl groups is 1. The van der Waals surface area contributed by atoms with Crippen LogP contribution in [0.4, 0.5) is 4.39 Å². The van der Waals surface area contributed by atoms with Crippen LogP contribution in [0.25, 0.3) is 0 Å². The van der Waals surface area contributed by atoms with Crippen molar-refractivity contribution in [3.05, 3.63) is 34.6 Å². The van der Waals surface area contributed by atoms with Crippen molar-refractivity contribution in [3.8, 4) is 0 Å². The molecule has 96 valence electrons. The van der Waals surface area contributed by atoms with Gasteiger partial charge in [0.2, 0.25) is 0 Å². The van der Waals surface area contributed by atoms with E-state index in [1.165, 1.54) is 18.2 Å². The standard InChI is InChI=1S/C13H19ClFNO/c1-9(2)7-16-8-13(3,17)11-6-10(15)4-5-12(11)14/h4-6,9,16-17H,7-8H2,1-3H3. The molecule has 0 aliphatic rings. The highest BCUT2D eigenvalue weighted by Gasteiger charge is 2.25. The molecule has 0 radical (unpaired) electrons. The summed E-state index contributed by atoms with van der Waals surface area (Å²) in [5.74, 6) is 0.0994. The molecule has 2 nitrogen and oxygen atoms in total. The molecule has 1 atom stereocenters. The maximum absolute atomic E-state index is 13.1. The van der Waals surface area contributed by atoms with E-state index < -0.39 is 11.4 Å². The minimum Gasteiger partial charge on any atom is -0.384 e. The Bertz CT molecular complexity index is 380. The van der Waals surface area contributed by atoms with Gasteiger partial charge in [0.1, 0.15) is 11.4 Å². The van der Waals surface area contributed by atoms with Gasteiger partial charge in [-0.3, -0.25) is 0 Å². The van der Waals surface area contributed by atoms with Gasteiger partial charge in [0.15, 0.2) is 0 Å². The molecule has 1 rings (SSSR count). The number of hydrogen-bond acceptors (Lipinski definition) is 2. The van der Waals surface area contributed by atoms with Crippen molar-refractivity contribution in [2.45, 2.75) is 26.4 Å². The Morgan fingerprint density at radius 3 is 2.71 bits per heavy atom. The molecule has 1 aromatic rings. The van der Waals surface area contributed by atoms with Crippen molar-refractivity contribution in [1.29, 1.82) is 0 Å². The van der Waals surface area contributed by atoms with E-state index in [9.17, 15) is 9.50 Å². The summed E-state index contributed by atoms with van der Waals surface area (Å²) in [4.78, 5) is 0. The third kappa shape index (κ3) is 4.26. The van der Waals surface area contributed by atoms with E-state index in [1.807, 2.05) is 0 Å². The molecule has 0 heterocycles. The lowest BCUT2D eigenvalue weighted by Gasteiger charge is -2.26. The predicted octanol–water partition coefficient (Wildman–Crippen LogP) is 2.93. The zero-order valence-electron chi connectivity index (χ0n) is 10.4. The van der Waals surface area contributed by atoms with Gasteiger partial charge in [-0.25, -0.2) is 4.39 Å². The normalized spacial score (nSPS) is 15.0. The van der Waals surface area contributed by atoms with Crippen molar-refractivity contribution < 1.29 is 9.50 Å². The fraction of sp³-hybridized carbons (Fsp3) is 0.538. The number of hydrogen-bond donors (Lipinski definition) is 2. The Labute approximate surface area is 107 Å². The number of benzene rings is 1. The molecule has 4 heteroatoms. The minimum atomic E-state index is -1.17. The van der Waals surface area contributed by atoms with Gasteiger partial charge in [-0.2, -0.15) is 0 Å². The zero-order valence-corrected chi connectivity index (χ0v) is 11.2. The van der Waals surface area contributed by atoms with Crippen LogP contribution in [0.1, 0.15) is 26.3 Å². The van der Waals surface area contributed by atoms with E-state index >= 15 is 0 Å². The molecule has 0 saturated heterocycles. The summed E-state index contributed by atoms with van der Waals surface area (Å²) in [6, 6.07) is 4.02. The maximum atomic E-state index is 13.1. The molecule has 0 spiro atoms. The zero-order chi connectivity index (χ0) is 13.1. The largest absolute Gasteiger partial charge is 0.384 e. The second-order valence-electron chi connectivity index (χ2n) is 4.92. The van der Waals surface area contributed by atoms with Crippen LogP contribution in [0.3, 0.4) is 0 Å². The highest BCUT2D eigenvalue weighted by molar-refractivity contribution is 6.31. The van der Waals surface area contributed by atoms with Crippen molar-refractivity contribution in [2.24, 2.45) is 5.92 Å². The van der Waals surface area contributed by atoms with Crippen molar-refractivity contribution in [2.75, 3.05) is 13.1 Å². The molecule has 1 aromatic carbocycles. The van der Waals surface area contributed by atoms with Crippen molar-refractivity contribution >= 4 is 11.6 Å². The van der Waals surface area contributed by atoms with Gasteiger partial charge < -0.3 is 10.4 Å². The van der Waals surface area contributed by atoms with E-state index in [4.69, 9.17) is 11.6 Å². The molecule has 0 bridgehead atoms. The maximum Gasteiger partial charge on any atom is 0.123 e. The van der Waals surface area contributed by atoms with E-state index in [1.54, 1.807) is 6.92 Å². The molecule has 17 heavy (non-hydrogen) atoms. The van der Waals surface area contributed by atoms with Crippen molar-refractivity contribution in [3.63, 3.8) is 0 Å². The Balaban J connectivity index is 2.77. The third-order valence-corrected chi connectivity index (χ3v) is 2.86. The van der Waals surface area contributed by atoms with E-state index in [0.717, 1.165) is 6.54 Å². The van der Waals surface area contributed by atoms with Crippen LogP contribution < -0.4 is 5.32 Å². The summed E-state index contributed by atoms with van der Waals surface area (Å²) in [5.41, 5.74) is -0.760. The predicted molar refractivity (Wildman–Crippen MR) is 68.7 cm³/mol. The topological polar surface area (TPSA) is 32.3 Å². The van der Waals surface area contributed by atoms with Crippen LogP contribution in [0, 0.1) is 11.7 Å². The average Bonchev–Trinajstić information content (AvgIpc) is 2.20. The minimum absolute atomic E-state index is 0.342. The molecular weight excluding hydrogens is 241 g/mol. The summed E-state index contributed by atoms with van der Waals surface area (Å²) in [6.45, 7) is 6.92. The number of rotatable bonds is 5. The molecule has 0 saturated carbocycles. The number of halogens is 2. The lowest BCUT2D eigenvalue weighted by molar-refractivity contribution is 0.0562. The van der Waals surface area contributed by atoms with Crippen LogP contribution >= 0.6 is 11.6 Å². The molecule has 0 aromatic heterocycles. The molecule has 0 aliphatic heterocycles. The SMILES string of the molecule is CC(C)CNCC(C)(O)c1cc(F)ccc1Cl. The van der Waals surface area contributed by atoms with Crippen LogP contribution in [-0.4, -0.2) is 18.2 Å². The lowest BCUT2D eigenvalue weighted by atomic mass is 9.95. The highest BCUT2D eigenvalue weighted by atomic mass is 35.5. The Hall–Kier alpha value is -0.640. The fourth-order valence-corrected chi connectivity index (χ4v) is 1.93. The van der Waals surface area contributed by atoms with Gasteiger partial charge >= 0.3 is 0 Å². The van der Waals surface area contributed by atoms with E-state index in [-0.39, 0.29) is 0 Å². The Kier molecular flexibility index (Phi) is 4.92. The molecule has 1 unspecified atom stereocenters. The van der Waals surface area contributed by atoms with E-state index in [0.29, 0.717) is 23.0 Å². The lowest BCUT2D eigenvalue weighted by Crippen LogP contribution is -2.37. The first kappa shape index (κ1) is 14.4. The summed E-state index contributed by atoms with van der Waals surface area (Å²) < 4.78 is 13.1. The molecule has 0 amide bonds. The van der Waals surface area contributed by atoms with Gasteiger partial charge in [-0.15, -0.1) is 0 Å². The van der Waals surface area contributed by atoms with Gasteiger partial charge in [0.05, 0.1) is 0 Å². The van der Waals surface area contributed by atoms with E-state index in [2.05, 4.69) is 19.2 Å². The smallest absolute Gasteiger partial charge is 0.123 e. The second-order valence-corrected chi connectivity index (χ2v) is 5.33. The summed E-state index contributed by atoms with van der Waals surface area (Å²) in [7, 11) is 0. The monoisotopic (exact) mass is 259 g/mol. The Morgan fingerprint density at radius 1 is 1.47 bits per heavy atom. The quantitative estimate of drug-likeness (QED) is 0.852. The summed E-state index contributed by atoms with van der Waals surface area (Å²) in [5, 5.41) is 13.8. The molecule has 2 N–H and O–H groups in total. The first-order valence-corrected chi connectivity index (χ1v) is 6.09. The number of nitrogens with one attached hydrogen (secondary N) is 1. The van der Waals surface area contributed by atoms with Crippen LogP contribution in [0.2, 0.25) is 5.02 Å². The first-order chi connectivity index (χ1) is 7.83. The fourth-order valence-electron chi connectivity index (χ4n) is 1.61. The first-order valence-electron chi connectivity index (χ1n) is 5.71. The highest BCUT2D eigenvalue weighted by Crippen LogP contribution is 2.28. The summed E-state index contributed by atoms with van der Waals surface area (Å²) in [6.07, 6.45) is 0. The molecular formula is C13H19ClFNO. The van der Waals surface area contributed by atoms with Gasteiger partial charge in [-0.05, 0) is 37.6 Å². The Morgan fingerprint density at radius 2 is 2.12 bits per heavy atom. The van der Waals surface area contributed by atoms with Crippen LogP contribution in [0.15, 0.2) is 18.2 Å².